The number of rotatable bonds is 7. The van der Waals surface area contributed by atoms with Crippen molar-refractivity contribution >= 4 is 17.4 Å². The molecule has 0 bridgehead atoms. The molecule has 2 aliphatic rings. The molecular weight excluding hydrogens is 397 g/mol. The number of ether oxygens (including phenoxy) is 1. The summed E-state index contributed by atoms with van der Waals surface area (Å²) in [4.78, 5) is 32.0. The van der Waals surface area contributed by atoms with Crippen molar-refractivity contribution in [3.8, 4) is 0 Å². The highest BCUT2D eigenvalue weighted by molar-refractivity contribution is 6.35. The van der Waals surface area contributed by atoms with E-state index < -0.39 is 0 Å². The van der Waals surface area contributed by atoms with Gasteiger partial charge in [-0.25, -0.2) is 4.39 Å². The fourth-order valence-electron chi connectivity index (χ4n) is 4.00. The van der Waals surface area contributed by atoms with Gasteiger partial charge in [-0.3, -0.25) is 19.4 Å². The van der Waals surface area contributed by atoms with Gasteiger partial charge in [-0.2, -0.15) is 0 Å². The van der Waals surface area contributed by atoms with E-state index in [-0.39, 0.29) is 17.6 Å². The molecular formula is C24H26FN3O3. The van der Waals surface area contributed by atoms with Gasteiger partial charge < -0.3 is 9.64 Å². The molecule has 162 valence electrons. The van der Waals surface area contributed by atoms with Crippen LogP contribution in [0.5, 0.6) is 0 Å². The average molecular weight is 423 g/mol. The zero-order valence-electron chi connectivity index (χ0n) is 17.6. The van der Waals surface area contributed by atoms with E-state index in [1.807, 2.05) is 42.3 Å². The molecule has 0 spiro atoms. The summed E-state index contributed by atoms with van der Waals surface area (Å²) in [7, 11) is 1.81. The van der Waals surface area contributed by atoms with Crippen LogP contribution in [0.15, 0.2) is 60.3 Å². The molecule has 0 radical (unpaired) electrons. The van der Waals surface area contributed by atoms with E-state index in [0.29, 0.717) is 49.7 Å². The molecule has 0 unspecified atom stereocenters. The molecule has 31 heavy (non-hydrogen) atoms. The Morgan fingerprint density at radius 1 is 0.935 bits per heavy atom. The van der Waals surface area contributed by atoms with Gasteiger partial charge in [0, 0.05) is 39.8 Å². The molecule has 2 aromatic carbocycles. The zero-order chi connectivity index (χ0) is 21.8. The van der Waals surface area contributed by atoms with E-state index in [1.54, 1.807) is 12.1 Å². The lowest BCUT2D eigenvalue weighted by atomic mass is 10.0. The molecule has 0 aromatic heterocycles. The maximum absolute atomic E-state index is 13.5. The molecule has 2 heterocycles. The van der Waals surface area contributed by atoms with Crippen LogP contribution < -0.4 is 0 Å². The third kappa shape index (κ3) is 4.68. The molecule has 4 rings (SSSR count). The summed E-state index contributed by atoms with van der Waals surface area (Å²) in [6.45, 7) is 4.29. The van der Waals surface area contributed by atoms with E-state index in [0.717, 1.165) is 18.7 Å². The highest BCUT2D eigenvalue weighted by Gasteiger charge is 2.40. The van der Waals surface area contributed by atoms with Crippen LogP contribution >= 0.6 is 0 Å². The van der Waals surface area contributed by atoms with Crippen LogP contribution in [0.4, 0.5) is 4.39 Å². The van der Waals surface area contributed by atoms with Gasteiger partial charge in [-0.05, 0) is 23.3 Å². The summed E-state index contributed by atoms with van der Waals surface area (Å²) in [6, 6.07) is 15.5. The molecule has 1 fully saturated rings. The van der Waals surface area contributed by atoms with Crippen molar-refractivity contribution in [2.75, 3.05) is 46.4 Å². The van der Waals surface area contributed by atoms with Gasteiger partial charge in [0.05, 0.1) is 18.8 Å². The van der Waals surface area contributed by atoms with Crippen molar-refractivity contribution in [3.05, 3.63) is 77.2 Å². The lowest BCUT2D eigenvalue weighted by Gasteiger charge is -2.28. The first-order valence-electron chi connectivity index (χ1n) is 10.5. The van der Waals surface area contributed by atoms with Gasteiger partial charge in [0.25, 0.3) is 11.8 Å². The average Bonchev–Trinajstić information content (AvgIpc) is 3.04. The second-order valence-electron chi connectivity index (χ2n) is 7.79. The second-order valence-corrected chi connectivity index (χ2v) is 7.79. The standard InChI is InChI=1S/C24H26FN3O3/c1-26(17-18-5-3-2-4-6-18)22-21(19-7-9-20(25)10-8-19)23(29)28(24(22)30)12-11-27-13-15-31-16-14-27/h2-10H,11-17H2,1H3. The van der Waals surface area contributed by atoms with Crippen LogP contribution in [0.1, 0.15) is 11.1 Å². The summed E-state index contributed by atoms with van der Waals surface area (Å²) in [5, 5.41) is 0. The summed E-state index contributed by atoms with van der Waals surface area (Å²) < 4.78 is 18.9. The lowest BCUT2D eigenvalue weighted by molar-refractivity contribution is -0.137. The number of carbonyl (C=O) groups excluding carboxylic acids is 2. The van der Waals surface area contributed by atoms with Crippen LogP contribution in [0.2, 0.25) is 0 Å². The number of benzene rings is 2. The van der Waals surface area contributed by atoms with Crippen LogP contribution in [0, 0.1) is 5.82 Å². The van der Waals surface area contributed by atoms with E-state index in [2.05, 4.69) is 4.90 Å². The number of hydrogen-bond acceptors (Lipinski definition) is 5. The second kappa shape index (κ2) is 9.41. The largest absolute Gasteiger partial charge is 0.379 e. The monoisotopic (exact) mass is 423 g/mol. The molecule has 0 N–H and O–H groups in total. The Morgan fingerprint density at radius 3 is 2.29 bits per heavy atom. The molecule has 0 atom stereocenters. The first-order valence-corrected chi connectivity index (χ1v) is 10.5. The topological polar surface area (TPSA) is 53.1 Å². The Kier molecular flexibility index (Phi) is 6.44. The van der Waals surface area contributed by atoms with Gasteiger partial charge in [-0.1, -0.05) is 42.5 Å². The number of amides is 2. The fraction of sp³-hybridized carbons (Fsp3) is 0.333. The molecule has 2 amide bonds. The minimum Gasteiger partial charge on any atom is -0.379 e. The number of morpholine rings is 1. The maximum atomic E-state index is 13.5. The van der Waals surface area contributed by atoms with Crippen molar-refractivity contribution < 1.29 is 18.7 Å². The van der Waals surface area contributed by atoms with Gasteiger partial charge in [0.2, 0.25) is 0 Å². The van der Waals surface area contributed by atoms with Gasteiger partial charge in [0.1, 0.15) is 11.5 Å². The number of likely N-dealkylation sites (N-methyl/N-ethyl adjacent to an activating group) is 1. The maximum Gasteiger partial charge on any atom is 0.277 e. The number of halogens is 1. The highest BCUT2D eigenvalue weighted by Crippen LogP contribution is 2.32. The third-order valence-electron chi connectivity index (χ3n) is 5.66. The fourth-order valence-corrected chi connectivity index (χ4v) is 4.00. The quantitative estimate of drug-likeness (QED) is 0.640. The van der Waals surface area contributed by atoms with Crippen molar-refractivity contribution in [2.24, 2.45) is 0 Å². The van der Waals surface area contributed by atoms with Crippen molar-refractivity contribution in [2.45, 2.75) is 6.54 Å². The summed E-state index contributed by atoms with van der Waals surface area (Å²) in [5.41, 5.74) is 2.25. The molecule has 2 aliphatic heterocycles. The lowest BCUT2D eigenvalue weighted by Crippen LogP contribution is -2.43. The molecule has 0 aliphatic carbocycles. The van der Waals surface area contributed by atoms with Crippen LogP contribution in [-0.2, 0) is 20.9 Å². The van der Waals surface area contributed by atoms with Crippen LogP contribution in [0.3, 0.4) is 0 Å². The third-order valence-corrected chi connectivity index (χ3v) is 5.66. The Bertz CT molecular complexity index is 969. The smallest absolute Gasteiger partial charge is 0.277 e. The number of imide groups is 1. The number of nitrogens with zero attached hydrogens (tertiary/aromatic N) is 3. The Balaban J connectivity index is 1.61. The molecule has 7 heteroatoms. The highest BCUT2D eigenvalue weighted by atomic mass is 19.1. The Labute approximate surface area is 181 Å². The summed E-state index contributed by atoms with van der Waals surface area (Å²) >= 11 is 0. The molecule has 2 aromatic rings. The van der Waals surface area contributed by atoms with Crippen LogP contribution in [0.25, 0.3) is 5.57 Å². The first kappa shape index (κ1) is 21.2. The summed E-state index contributed by atoms with van der Waals surface area (Å²) in [6.07, 6.45) is 0. The SMILES string of the molecule is CN(Cc1ccccc1)C1=C(c2ccc(F)cc2)C(=O)N(CCN2CCOCC2)C1=O. The van der Waals surface area contributed by atoms with Gasteiger partial charge in [-0.15, -0.1) is 0 Å². The Hall–Kier alpha value is -3.03. The molecule has 6 nitrogen and oxygen atoms in total. The number of hydrogen-bond donors (Lipinski definition) is 0. The predicted molar refractivity (Wildman–Crippen MR) is 115 cm³/mol. The molecule has 1 saturated heterocycles. The van der Waals surface area contributed by atoms with Crippen molar-refractivity contribution in [1.82, 2.24) is 14.7 Å². The Morgan fingerprint density at radius 2 is 1.61 bits per heavy atom. The normalized spacial score (nSPS) is 17.5. The van der Waals surface area contributed by atoms with Crippen molar-refractivity contribution in [3.63, 3.8) is 0 Å². The first-order chi connectivity index (χ1) is 15.0. The van der Waals surface area contributed by atoms with Crippen molar-refractivity contribution in [1.29, 1.82) is 0 Å². The van der Waals surface area contributed by atoms with E-state index in [4.69, 9.17) is 4.74 Å². The minimum absolute atomic E-state index is 0.309. The van der Waals surface area contributed by atoms with E-state index in [1.165, 1.54) is 17.0 Å². The summed E-state index contributed by atoms with van der Waals surface area (Å²) in [5.74, 6) is -1.03. The minimum atomic E-state index is -0.385. The molecule has 0 saturated carbocycles. The van der Waals surface area contributed by atoms with E-state index >= 15 is 0 Å². The van der Waals surface area contributed by atoms with Crippen LogP contribution in [-0.4, -0.2) is 73.0 Å². The van der Waals surface area contributed by atoms with Gasteiger partial charge >= 0.3 is 0 Å². The predicted octanol–water partition coefficient (Wildman–Crippen LogP) is 2.37. The van der Waals surface area contributed by atoms with Gasteiger partial charge in [0.15, 0.2) is 0 Å². The van der Waals surface area contributed by atoms with E-state index in [9.17, 15) is 14.0 Å². The zero-order valence-corrected chi connectivity index (χ0v) is 17.6. The number of carbonyl (C=O) groups is 2.